The molecule has 0 saturated carbocycles. The van der Waals surface area contributed by atoms with E-state index >= 15 is 0 Å². The number of amides is 1. The number of sulfonamides is 1. The van der Waals surface area contributed by atoms with Crippen LogP contribution in [0.1, 0.15) is 25.3 Å². The summed E-state index contributed by atoms with van der Waals surface area (Å²) in [5, 5.41) is 6.54. The Hall–Kier alpha value is -1.45. The second kappa shape index (κ2) is 6.35. The van der Waals surface area contributed by atoms with E-state index in [1.807, 2.05) is 6.92 Å². The highest BCUT2D eigenvalue weighted by atomic mass is 32.2. The Morgan fingerprint density at radius 2 is 2.27 bits per heavy atom. The van der Waals surface area contributed by atoms with Crippen LogP contribution in [0.25, 0.3) is 0 Å². The van der Waals surface area contributed by atoms with Gasteiger partial charge in [-0.3, -0.25) is 4.79 Å². The zero-order chi connectivity index (χ0) is 16.4. The second-order valence-corrected chi connectivity index (χ2v) is 7.48. The number of morpholine rings is 1. The van der Waals surface area contributed by atoms with Gasteiger partial charge in [-0.05, 0) is 13.3 Å². The molecule has 0 radical (unpaired) electrons. The minimum Gasteiger partial charge on any atom is -0.363 e. The van der Waals surface area contributed by atoms with Gasteiger partial charge < -0.3 is 14.6 Å². The third kappa shape index (κ3) is 3.84. The molecule has 0 aliphatic carbocycles. The van der Waals surface area contributed by atoms with Gasteiger partial charge in [-0.25, -0.2) is 8.42 Å². The highest BCUT2D eigenvalue weighted by Crippen LogP contribution is 2.20. The third-order valence-corrected chi connectivity index (χ3v) is 4.83. The molecule has 1 aliphatic heterocycles. The Morgan fingerprint density at radius 1 is 1.55 bits per heavy atom. The number of aryl methyl sites for hydroxylation is 1. The van der Waals surface area contributed by atoms with E-state index in [1.165, 1.54) is 4.31 Å². The number of hydrogen-bond donors (Lipinski definition) is 1. The summed E-state index contributed by atoms with van der Waals surface area (Å²) in [5.74, 6) is 0.167. The van der Waals surface area contributed by atoms with Crippen molar-refractivity contribution in [3.8, 4) is 0 Å². The molecule has 1 aromatic heterocycles. The van der Waals surface area contributed by atoms with E-state index in [2.05, 4.69) is 10.5 Å². The van der Waals surface area contributed by atoms with E-state index in [9.17, 15) is 13.2 Å². The normalized spacial score (nSPS) is 23.4. The van der Waals surface area contributed by atoms with Crippen molar-refractivity contribution in [2.75, 3.05) is 26.0 Å². The molecule has 2 rings (SSSR count). The number of hydrogen-bond acceptors (Lipinski definition) is 6. The fourth-order valence-corrected chi connectivity index (χ4v) is 3.10. The summed E-state index contributed by atoms with van der Waals surface area (Å²) in [7, 11) is -3.35. The van der Waals surface area contributed by atoms with Crippen LogP contribution in [-0.4, -0.2) is 55.3 Å². The molecule has 0 bridgehead atoms. The predicted octanol–water partition coefficient (Wildman–Crippen LogP) is -0.0963. The van der Waals surface area contributed by atoms with Gasteiger partial charge in [0.2, 0.25) is 10.0 Å². The van der Waals surface area contributed by atoms with Gasteiger partial charge in [0.25, 0.3) is 5.91 Å². The molecule has 1 fully saturated rings. The van der Waals surface area contributed by atoms with E-state index in [0.29, 0.717) is 5.76 Å². The van der Waals surface area contributed by atoms with E-state index in [-0.39, 0.29) is 32.1 Å². The number of carbonyl (C=O) groups excluding carboxylic acids is 1. The summed E-state index contributed by atoms with van der Waals surface area (Å²) in [5.41, 5.74) is -0.401. The number of nitrogens with one attached hydrogen (secondary N) is 1. The lowest BCUT2D eigenvalue weighted by molar-refractivity contribution is -0.152. The number of nitrogens with zero attached hydrogens (tertiary/aromatic N) is 2. The molecule has 1 aromatic rings. The van der Waals surface area contributed by atoms with Gasteiger partial charge in [0, 0.05) is 12.6 Å². The lowest BCUT2D eigenvalue weighted by atomic mass is 10.0. The lowest BCUT2D eigenvalue weighted by Crippen LogP contribution is -2.59. The molecule has 1 amide bonds. The Balaban J connectivity index is 1.98. The van der Waals surface area contributed by atoms with E-state index < -0.39 is 15.6 Å². The first-order valence-corrected chi connectivity index (χ1v) is 8.91. The number of rotatable bonds is 5. The standard InChI is InChI=1S/C13H21N3O5S/c1-4-10-7-11(21-15-10)8-14-12(17)13(2)9-16(5-6-20-13)22(3,18)19/h7H,4-6,8-9H2,1-3H3,(H,14,17)/t13-/m0/s1. The summed E-state index contributed by atoms with van der Waals surface area (Å²) < 4.78 is 35.1. The summed E-state index contributed by atoms with van der Waals surface area (Å²) in [6.07, 6.45) is 1.87. The van der Waals surface area contributed by atoms with Gasteiger partial charge in [0.05, 0.1) is 31.6 Å². The van der Waals surface area contributed by atoms with E-state index in [0.717, 1.165) is 18.4 Å². The first-order chi connectivity index (χ1) is 10.2. The third-order valence-electron chi connectivity index (χ3n) is 3.58. The molecule has 0 spiro atoms. The molecule has 1 saturated heterocycles. The maximum atomic E-state index is 12.3. The van der Waals surface area contributed by atoms with Crippen molar-refractivity contribution in [2.45, 2.75) is 32.4 Å². The zero-order valence-electron chi connectivity index (χ0n) is 13.0. The van der Waals surface area contributed by atoms with Crippen LogP contribution in [0.3, 0.4) is 0 Å². The van der Waals surface area contributed by atoms with Crippen molar-refractivity contribution in [1.29, 1.82) is 0 Å². The molecule has 1 aliphatic rings. The molecular weight excluding hydrogens is 310 g/mol. The van der Waals surface area contributed by atoms with Crippen LogP contribution in [0.15, 0.2) is 10.6 Å². The number of carbonyl (C=O) groups is 1. The molecule has 22 heavy (non-hydrogen) atoms. The van der Waals surface area contributed by atoms with Crippen LogP contribution >= 0.6 is 0 Å². The summed E-state index contributed by atoms with van der Waals surface area (Å²) in [6, 6.07) is 1.77. The molecule has 0 unspecified atom stereocenters. The maximum Gasteiger partial charge on any atom is 0.253 e. The highest BCUT2D eigenvalue weighted by molar-refractivity contribution is 7.88. The van der Waals surface area contributed by atoms with Crippen LogP contribution in [0, 0.1) is 0 Å². The molecule has 2 heterocycles. The van der Waals surface area contributed by atoms with Gasteiger partial charge in [0.1, 0.15) is 0 Å². The Bertz CT molecular complexity index is 642. The minimum absolute atomic E-state index is 0.00567. The Morgan fingerprint density at radius 3 is 2.86 bits per heavy atom. The first-order valence-electron chi connectivity index (χ1n) is 7.06. The van der Waals surface area contributed by atoms with Crippen molar-refractivity contribution in [2.24, 2.45) is 0 Å². The minimum atomic E-state index is -3.35. The summed E-state index contributed by atoms with van der Waals surface area (Å²) in [4.78, 5) is 12.3. The number of aromatic nitrogens is 1. The van der Waals surface area contributed by atoms with Crippen molar-refractivity contribution in [3.05, 3.63) is 17.5 Å². The summed E-state index contributed by atoms with van der Waals surface area (Å²) >= 11 is 0. The average Bonchev–Trinajstić information content (AvgIpc) is 2.92. The van der Waals surface area contributed by atoms with Gasteiger partial charge in [0.15, 0.2) is 11.4 Å². The molecule has 0 aromatic carbocycles. The maximum absolute atomic E-state index is 12.3. The predicted molar refractivity (Wildman–Crippen MR) is 78.5 cm³/mol. The van der Waals surface area contributed by atoms with Gasteiger partial charge in [-0.2, -0.15) is 4.31 Å². The first kappa shape index (κ1) is 16.9. The van der Waals surface area contributed by atoms with Crippen molar-refractivity contribution >= 4 is 15.9 Å². The van der Waals surface area contributed by atoms with Crippen LogP contribution in [0.2, 0.25) is 0 Å². The molecule has 1 atom stereocenters. The van der Waals surface area contributed by atoms with Crippen LogP contribution < -0.4 is 5.32 Å². The highest BCUT2D eigenvalue weighted by Gasteiger charge is 2.41. The van der Waals surface area contributed by atoms with Crippen molar-refractivity contribution in [1.82, 2.24) is 14.8 Å². The zero-order valence-corrected chi connectivity index (χ0v) is 13.8. The van der Waals surface area contributed by atoms with Crippen LogP contribution in [0.4, 0.5) is 0 Å². The molecule has 1 N–H and O–H groups in total. The lowest BCUT2D eigenvalue weighted by Gasteiger charge is -2.37. The SMILES string of the molecule is CCc1cc(CNC(=O)[C@]2(C)CN(S(C)(=O)=O)CCO2)on1. The molecule has 8 nitrogen and oxygen atoms in total. The van der Waals surface area contributed by atoms with Crippen molar-refractivity contribution in [3.63, 3.8) is 0 Å². The van der Waals surface area contributed by atoms with Crippen LogP contribution in [-0.2, 0) is 32.5 Å². The quantitative estimate of drug-likeness (QED) is 0.809. The van der Waals surface area contributed by atoms with Gasteiger partial charge in [-0.15, -0.1) is 0 Å². The smallest absolute Gasteiger partial charge is 0.253 e. The largest absolute Gasteiger partial charge is 0.363 e. The monoisotopic (exact) mass is 331 g/mol. The molecule has 9 heteroatoms. The molecular formula is C13H21N3O5S. The topological polar surface area (TPSA) is 102 Å². The van der Waals surface area contributed by atoms with Crippen molar-refractivity contribution < 1.29 is 22.5 Å². The van der Waals surface area contributed by atoms with E-state index in [4.69, 9.17) is 9.26 Å². The van der Waals surface area contributed by atoms with Gasteiger partial charge >= 0.3 is 0 Å². The Labute approximate surface area is 129 Å². The average molecular weight is 331 g/mol. The fourth-order valence-electron chi connectivity index (χ4n) is 2.21. The molecule has 124 valence electrons. The van der Waals surface area contributed by atoms with Crippen LogP contribution in [0.5, 0.6) is 0 Å². The van der Waals surface area contributed by atoms with Gasteiger partial charge in [-0.1, -0.05) is 12.1 Å². The second-order valence-electron chi connectivity index (χ2n) is 5.50. The Kier molecular flexibility index (Phi) is 4.88. The van der Waals surface area contributed by atoms with E-state index in [1.54, 1.807) is 13.0 Å². The fraction of sp³-hybridized carbons (Fsp3) is 0.692. The number of ether oxygens (including phenoxy) is 1. The summed E-state index contributed by atoms with van der Waals surface area (Å²) in [6.45, 7) is 4.15.